The summed E-state index contributed by atoms with van der Waals surface area (Å²) in [7, 11) is 0. The fourth-order valence-corrected chi connectivity index (χ4v) is 4.62. The minimum atomic E-state index is 1.30. The Morgan fingerprint density at radius 1 is 0.600 bits per heavy atom. The lowest BCUT2D eigenvalue weighted by Crippen LogP contribution is -1.86. The van der Waals surface area contributed by atoms with Crippen LogP contribution in [-0.2, 0) is 6.42 Å². The first kappa shape index (κ1) is 20.9. The molecule has 0 amide bonds. The van der Waals surface area contributed by atoms with Crippen molar-refractivity contribution in [3.63, 3.8) is 0 Å². The van der Waals surface area contributed by atoms with Gasteiger partial charge in [0.1, 0.15) is 0 Å². The number of benzene rings is 1. The molecular formula is C24H40S. The van der Waals surface area contributed by atoms with E-state index in [0.29, 0.717) is 0 Å². The van der Waals surface area contributed by atoms with Crippen LogP contribution in [0.15, 0.2) is 28.0 Å². The monoisotopic (exact) mass is 360 g/mol. The SMILES string of the molecule is CCCCCCCCCCCCCCCCCCc1cccc2c1S2. The van der Waals surface area contributed by atoms with Gasteiger partial charge in [-0.25, -0.2) is 0 Å². The molecule has 142 valence electrons. The molecule has 0 nitrogen and oxygen atoms in total. The smallest absolute Gasteiger partial charge is 0.0294 e. The summed E-state index contributed by atoms with van der Waals surface area (Å²) in [6.45, 7) is 2.30. The second-order valence-electron chi connectivity index (χ2n) is 7.90. The molecule has 0 saturated carbocycles. The summed E-state index contributed by atoms with van der Waals surface area (Å²) in [6, 6.07) is 6.79. The maximum absolute atomic E-state index is 2.32. The Kier molecular flexibility index (Phi) is 11.5. The number of rotatable bonds is 17. The van der Waals surface area contributed by atoms with Crippen molar-refractivity contribution >= 4 is 11.8 Å². The van der Waals surface area contributed by atoms with Crippen molar-refractivity contribution < 1.29 is 0 Å². The quantitative estimate of drug-likeness (QED) is 0.200. The lowest BCUT2D eigenvalue weighted by atomic mass is 10.0. The summed E-state index contributed by atoms with van der Waals surface area (Å²) in [5, 5.41) is 0. The van der Waals surface area contributed by atoms with Gasteiger partial charge in [0.2, 0.25) is 0 Å². The summed E-state index contributed by atoms with van der Waals surface area (Å²) in [6.07, 6.45) is 24.6. The van der Waals surface area contributed by atoms with Gasteiger partial charge >= 0.3 is 0 Å². The first-order chi connectivity index (χ1) is 12.4. The third-order valence-electron chi connectivity index (χ3n) is 5.53. The van der Waals surface area contributed by atoms with Crippen LogP contribution in [0.3, 0.4) is 0 Å². The zero-order valence-corrected chi connectivity index (χ0v) is 17.5. The highest BCUT2D eigenvalue weighted by Crippen LogP contribution is 2.50. The van der Waals surface area contributed by atoms with E-state index in [9.17, 15) is 0 Å². The summed E-state index contributed by atoms with van der Waals surface area (Å²) >= 11 is 1.97. The molecule has 0 aliphatic carbocycles. The Morgan fingerprint density at radius 2 is 1.08 bits per heavy atom. The average molecular weight is 361 g/mol. The summed E-state index contributed by atoms with van der Waals surface area (Å²) in [4.78, 5) is 3.11. The molecule has 1 aliphatic heterocycles. The van der Waals surface area contributed by atoms with E-state index in [1.165, 1.54) is 114 Å². The first-order valence-electron chi connectivity index (χ1n) is 11.2. The van der Waals surface area contributed by atoms with Crippen LogP contribution in [0.5, 0.6) is 0 Å². The lowest BCUT2D eigenvalue weighted by molar-refractivity contribution is 0.529. The topological polar surface area (TPSA) is 0 Å². The van der Waals surface area contributed by atoms with E-state index in [0.717, 1.165) is 0 Å². The van der Waals surface area contributed by atoms with E-state index in [1.54, 1.807) is 10.5 Å². The van der Waals surface area contributed by atoms with E-state index in [4.69, 9.17) is 0 Å². The van der Waals surface area contributed by atoms with E-state index < -0.39 is 0 Å². The average Bonchev–Trinajstić information content (AvgIpc) is 3.42. The molecule has 25 heavy (non-hydrogen) atoms. The predicted molar refractivity (Wildman–Crippen MR) is 114 cm³/mol. The molecule has 0 unspecified atom stereocenters. The Bertz CT molecular complexity index is 451. The molecule has 0 atom stereocenters. The van der Waals surface area contributed by atoms with E-state index in [1.807, 2.05) is 11.8 Å². The maximum atomic E-state index is 2.32. The summed E-state index contributed by atoms with van der Waals surface area (Å²) in [5.74, 6) is 0. The van der Waals surface area contributed by atoms with Crippen molar-refractivity contribution in [2.24, 2.45) is 0 Å². The highest BCUT2D eigenvalue weighted by Gasteiger charge is 2.20. The Balaban J connectivity index is 1.26. The number of aryl methyl sites for hydroxylation is 1. The van der Waals surface area contributed by atoms with Gasteiger partial charge in [-0.2, -0.15) is 0 Å². The molecule has 0 radical (unpaired) electrons. The first-order valence-corrected chi connectivity index (χ1v) is 12.0. The normalized spacial score (nSPS) is 12.4. The molecule has 2 rings (SSSR count). The van der Waals surface area contributed by atoms with Crippen molar-refractivity contribution in [1.82, 2.24) is 0 Å². The second-order valence-corrected chi connectivity index (χ2v) is 8.95. The molecule has 1 heteroatoms. The molecule has 0 saturated heterocycles. The van der Waals surface area contributed by atoms with Gasteiger partial charge in [-0.05, 0) is 24.5 Å². The molecule has 0 aromatic heterocycles. The molecule has 1 aromatic carbocycles. The third kappa shape index (κ3) is 9.73. The molecule has 0 N–H and O–H groups in total. The lowest BCUT2D eigenvalue weighted by Gasteiger charge is -2.04. The van der Waals surface area contributed by atoms with Crippen molar-refractivity contribution in [2.75, 3.05) is 0 Å². The van der Waals surface area contributed by atoms with Gasteiger partial charge in [0.25, 0.3) is 0 Å². The Morgan fingerprint density at radius 3 is 1.60 bits per heavy atom. The minimum Gasteiger partial charge on any atom is -0.0874 e. The molecule has 1 aromatic rings. The summed E-state index contributed by atoms with van der Waals surface area (Å²) in [5.41, 5.74) is 1.60. The van der Waals surface area contributed by atoms with Crippen LogP contribution in [0.25, 0.3) is 0 Å². The van der Waals surface area contributed by atoms with Gasteiger partial charge in [-0.15, -0.1) is 0 Å². The minimum absolute atomic E-state index is 1.30. The van der Waals surface area contributed by atoms with Crippen LogP contribution in [0.1, 0.15) is 115 Å². The van der Waals surface area contributed by atoms with E-state index >= 15 is 0 Å². The molecular weight excluding hydrogens is 320 g/mol. The number of unbranched alkanes of at least 4 members (excludes halogenated alkanes) is 15. The fraction of sp³-hybridized carbons (Fsp3) is 0.750. The van der Waals surface area contributed by atoms with Crippen molar-refractivity contribution in [1.29, 1.82) is 0 Å². The maximum Gasteiger partial charge on any atom is 0.0294 e. The van der Waals surface area contributed by atoms with Gasteiger partial charge < -0.3 is 0 Å². The molecule has 1 aliphatic rings. The van der Waals surface area contributed by atoms with Gasteiger partial charge in [0, 0.05) is 9.79 Å². The van der Waals surface area contributed by atoms with Crippen LogP contribution in [0.2, 0.25) is 0 Å². The van der Waals surface area contributed by atoms with E-state index in [2.05, 4.69) is 25.1 Å². The Hall–Kier alpha value is -0.430. The highest BCUT2D eigenvalue weighted by molar-refractivity contribution is 8.05. The number of hydrogen-bond donors (Lipinski definition) is 0. The molecule has 0 bridgehead atoms. The van der Waals surface area contributed by atoms with E-state index in [-0.39, 0.29) is 0 Å². The second kappa shape index (κ2) is 13.7. The standard InChI is InChI=1S/C24H40S/c1-2-3-4-5-6-7-8-9-10-11-12-13-14-15-16-17-19-22-20-18-21-23-24(22)25-23/h18,20-21H,2-17,19H2,1H3. The van der Waals surface area contributed by atoms with Crippen molar-refractivity contribution in [3.05, 3.63) is 23.8 Å². The Labute approximate surface area is 161 Å². The van der Waals surface area contributed by atoms with Crippen LogP contribution >= 0.6 is 11.8 Å². The zero-order valence-electron chi connectivity index (χ0n) is 16.7. The largest absolute Gasteiger partial charge is 0.0874 e. The van der Waals surface area contributed by atoms with Crippen LogP contribution < -0.4 is 0 Å². The predicted octanol–water partition coefficient (Wildman–Crippen LogP) is 8.96. The molecule has 1 heterocycles. The third-order valence-corrected chi connectivity index (χ3v) is 6.57. The van der Waals surface area contributed by atoms with Gasteiger partial charge in [-0.1, -0.05) is 127 Å². The van der Waals surface area contributed by atoms with Crippen molar-refractivity contribution in [3.8, 4) is 0 Å². The highest BCUT2D eigenvalue weighted by atomic mass is 32.2. The molecule has 0 fully saturated rings. The van der Waals surface area contributed by atoms with Crippen LogP contribution in [-0.4, -0.2) is 0 Å². The number of hydrogen-bond acceptors (Lipinski definition) is 1. The zero-order chi connectivity index (χ0) is 17.6. The van der Waals surface area contributed by atoms with Gasteiger partial charge in [0.05, 0.1) is 0 Å². The van der Waals surface area contributed by atoms with Gasteiger partial charge in [0.15, 0.2) is 0 Å². The van der Waals surface area contributed by atoms with Gasteiger partial charge in [-0.3, -0.25) is 0 Å². The van der Waals surface area contributed by atoms with Crippen molar-refractivity contribution in [2.45, 2.75) is 126 Å². The molecule has 0 spiro atoms. The van der Waals surface area contributed by atoms with Crippen LogP contribution in [0.4, 0.5) is 0 Å². The summed E-state index contributed by atoms with van der Waals surface area (Å²) < 4.78 is 0. The van der Waals surface area contributed by atoms with Crippen LogP contribution in [0, 0.1) is 0 Å². The fourth-order valence-electron chi connectivity index (χ4n) is 3.81. The number of fused-ring (bicyclic) bond motifs is 1.